The second kappa shape index (κ2) is 7.22. The number of H-pyrrole nitrogens is 1. The lowest BCUT2D eigenvalue weighted by Crippen LogP contribution is -2.46. The van der Waals surface area contributed by atoms with Crippen molar-refractivity contribution in [1.82, 2.24) is 25.4 Å². The predicted molar refractivity (Wildman–Crippen MR) is 93.5 cm³/mol. The molecule has 25 heavy (non-hydrogen) atoms. The lowest BCUT2D eigenvalue weighted by Gasteiger charge is -2.26. The second-order valence-electron chi connectivity index (χ2n) is 5.97. The first-order valence-corrected chi connectivity index (χ1v) is 10.0. The van der Waals surface area contributed by atoms with E-state index in [2.05, 4.69) is 20.5 Å². The van der Waals surface area contributed by atoms with Crippen LogP contribution in [0.4, 0.5) is 4.79 Å². The van der Waals surface area contributed by atoms with E-state index in [9.17, 15) is 13.2 Å². The van der Waals surface area contributed by atoms with E-state index in [4.69, 9.17) is 0 Å². The Morgan fingerprint density at radius 1 is 1.36 bits per heavy atom. The first kappa shape index (κ1) is 17.4. The van der Waals surface area contributed by atoms with Gasteiger partial charge in [0.1, 0.15) is 5.82 Å². The Balaban J connectivity index is 1.59. The van der Waals surface area contributed by atoms with Crippen LogP contribution in [-0.2, 0) is 16.4 Å². The Morgan fingerprint density at radius 2 is 2.12 bits per heavy atom. The molecule has 8 nitrogen and oxygen atoms in total. The number of hydrogen-bond acceptors (Lipinski definition) is 5. The maximum Gasteiger partial charge on any atom is 0.318 e. The number of aromatic amines is 1. The molecule has 134 valence electrons. The summed E-state index contributed by atoms with van der Waals surface area (Å²) in [5.41, 5.74) is 0.891. The minimum absolute atomic E-state index is 0.0364. The number of aromatic nitrogens is 3. The van der Waals surface area contributed by atoms with Crippen LogP contribution in [0.2, 0.25) is 0 Å². The largest absolute Gasteiger partial charge is 0.331 e. The van der Waals surface area contributed by atoms with Gasteiger partial charge in [0.05, 0.1) is 18.1 Å². The average Bonchev–Trinajstić information content (AvgIpc) is 3.21. The number of sulfone groups is 1. The highest BCUT2D eigenvalue weighted by molar-refractivity contribution is 7.91. The lowest BCUT2D eigenvalue weighted by molar-refractivity contribution is 0.183. The molecule has 1 aliphatic heterocycles. The predicted octanol–water partition coefficient (Wildman–Crippen LogP) is 1.19. The van der Waals surface area contributed by atoms with Crippen molar-refractivity contribution in [2.24, 2.45) is 0 Å². The first-order valence-electron chi connectivity index (χ1n) is 8.20. The van der Waals surface area contributed by atoms with Gasteiger partial charge in [0.25, 0.3) is 0 Å². The Hall–Kier alpha value is -2.42. The fourth-order valence-electron chi connectivity index (χ4n) is 2.94. The van der Waals surface area contributed by atoms with Crippen LogP contribution in [0.1, 0.15) is 19.2 Å². The topological polar surface area (TPSA) is 108 Å². The van der Waals surface area contributed by atoms with Gasteiger partial charge < -0.3 is 10.2 Å². The summed E-state index contributed by atoms with van der Waals surface area (Å²) in [6, 6.07) is 8.99. The molecule has 1 aromatic heterocycles. The van der Waals surface area contributed by atoms with Crippen molar-refractivity contribution in [3.8, 4) is 11.4 Å². The van der Waals surface area contributed by atoms with Gasteiger partial charge in [0.2, 0.25) is 0 Å². The number of carbonyl (C=O) groups excluding carboxylic acids is 1. The zero-order valence-corrected chi connectivity index (χ0v) is 14.8. The van der Waals surface area contributed by atoms with Gasteiger partial charge in [0, 0.05) is 18.2 Å². The van der Waals surface area contributed by atoms with Crippen molar-refractivity contribution in [3.63, 3.8) is 0 Å². The molecule has 1 fully saturated rings. The monoisotopic (exact) mass is 363 g/mol. The molecule has 0 bridgehead atoms. The molecule has 3 rings (SSSR count). The van der Waals surface area contributed by atoms with Gasteiger partial charge in [-0.25, -0.2) is 18.2 Å². The molecule has 1 aromatic carbocycles. The highest BCUT2D eigenvalue weighted by atomic mass is 32.2. The number of nitrogens with zero attached hydrogens (tertiary/aromatic N) is 3. The van der Waals surface area contributed by atoms with Gasteiger partial charge >= 0.3 is 6.03 Å². The van der Waals surface area contributed by atoms with E-state index in [1.165, 1.54) is 0 Å². The molecule has 2 heterocycles. The summed E-state index contributed by atoms with van der Waals surface area (Å²) in [7, 11) is -3.03. The van der Waals surface area contributed by atoms with Crippen LogP contribution in [-0.4, -0.2) is 58.6 Å². The van der Waals surface area contributed by atoms with Crippen LogP contribution in [0.3, 0.4) is 0 Å². The van der Waals surface area contributed by atoms with Crippen molar-refractivity contribution in [1.29, 1.82) is 0 Å². The first-order chi connectivity index (χ1) is 12.0. The molecule has 2 amide bonds. The van der Waals surface area contributed by atoms with E-state index < -0.39 is 9.84 Å². The summed E-state index contributed by atoms with van der Waals surface area (Å²) in [5.74, 6) is 1.29. The van der Waals surface area contributed by atoms with Crippen molar-refractivity contribution < 1.29 is 13.2 Å². The van der Waals surface area contributed by atoms with E-state index in [1.54, 1.807) is 4.90 Å². The van der Waals surface area contributed by atoms with Gasteiger partial charge in [-0.15, -0.1) is 0 Å². The molecule has 1 saturated heterocycles. The van der Waals surface area contributed by atoms with E-state index in [-0.39, 0.29) is 30.1 Å². The third kappa shape index (κ3) is 4.16. The Kier molecular flexibility index (Phi) is 5.03. The number of amides is 2. The quantitative estimate of drug-likeness (QED) is 0.829. The van der Waals surface area contributed by atoms with Gasteiger partial charge in [-0.3, -0.25) is 5.10 Å². The van der Waals surface area contributed by atoms with Crippen molar-refractivity contribution in [3.05, 3.63) is 36.2 Å². The average molecular weight is 363 g/mol. The molecule has 0 spiro atoms. The molecule has 0 aliphatic carbocycles. The van der Waals surface area contributed by atoms with Crippen LogP contribution in [0.5, 0.6) is 0 Å². The number of benzene rings is 1. The standard InChI is InChI=1S/C16H21N5O3S/c1-2-21(13-8-9-25(23,24)11-13)16(22)17-10-14-18-15(20-19-14)12-6-4-3-5-7-12/h3-7,13H,2,8-11H2,1H3,(H,17,22)(H,18,19,20)/t13-/m1/s1. The summed E-state index contributed by atoms with van der Waals surface area (Å²) in [4.78, 5) is 18.3. The van der Waals surface area contributed by atoms with Crippen LogP contribution in [0.25, 0.3) is 11.4 Å². The normalized spacial score (nSPS) is 18.8. The van der Waals surface area contributed by atoms with Gasteiger partial charge in [-0.2, -0.15) is 5.10 Å². The van der Waals surface area contributed by atoms with Crippen molar-refractivity contribution >= 4 is 15.9 Å². The van der Waals surface area contributed by atoms with Crippen LogP contribution in [0, 0.1) is 0 Å². The second-order valence-corrected chi connectivity index (χ2v) is 8.20. The molecule has 2 aromatic rings. The van der Waals surface area contributed by atoms with Crippen LogP contribution < -0.4 is 5.32 Å². The maximum atomic E-state index is 12.4. The molecule has 1 aliphatic rings. The van der Waals surface area contributed by atoms with Crippen molar-refractivity contribution in [2.75, 3.05) is 18.1 Å². The fraction of sp³-hybridized carbons (Fsp3) is 0.438. The summed E-state index contributed by atoms with van der Waals surface area (Å²) in [6.07, 6.45) is 0.490. The minimum Gasteiger partial charge on any atom is -0.331 e. The van der Waals surface area contributed by atoms with E-state index in [0.29, 0.717) is 24.6 Å². The molecule has 0 radical (unpaired) electrons. The highest BCUT2D eigenvalue weighted by Gasteiger charge is 2.33. The van der Waals surface area contributed by atoms with E-state index in [0.717, 1.165) is 5.56 Å². The van der Waals surface area contributed by atoms with E-state index in [1.807, 2.05) is 37.3 Å². The van der Waals surface area contributed by atoms with Gasteiger partial charge in [0.15, 0.2) is 15.7 Å². The molecule has 2 N–H and O–H groups in total. The molecule has 0 unspecified atom stereocenters. The number of rotatable bonds is 5. The SMILES string of the molecule is CCN(C(=O)NCc1nc(-c2ccccc2)n[nH]1)[C@@H]1CCS(=O)(=O)C1. The third-order valence-electron chi connectivity index (χ3n) is 4.22. The Bertz CT molecular complexity index is 834. The Labute approximate surface area is 146 Å². The molecular formula is C16H21N5O3S. The van der Waals surface area contributed by atoms with Gasteiger partial charge in [-0.1, -0.05) is 30.3 Å². The Morgan fingerprint density at radius 3 is 2.76 bits per heavy atom. The lowest BCUT2D eigenvalue weighted by atomic mass is 10.2. The minimum atomic E-state index is -3.03. The molecular weight excluding hydrogens is 342 g/mol. The summed E-state index contributed by atoms with van der Waals surface area (Å²) >= 11 is 0. The summed E-state index contributed by atoms with van der Waals surface area (Å²) in [5, 5.41) is 9.73. The van der Waals surface area contributed by atoms with E-state index >= 15 is 0 Å². The summed E-state index contributed by atoms with van der Waals surface area (Å²) < 4.78 is 23.2. The molecule has 1 atom stereocenters. The fourth-order valence-corrected chi connectivity index (χ4v) is 4.67. The zero-order chi connectivity index (χ0) is 17.9. The van der Waals surface area contributed by atoms with Crippen LogP contribution in [0.15, 0.2) is 30.3 Å². The number of nitrogens with one attached hydrogen (secondary N) is 2. The molecule has 9 heteroatoms. The van der Waals surface area contributed by atoms with Crippen molar-refractivity contribution in [2.45, 2.75) is 25.9 Å². The number of urea groups is 1. The maximum absolute atomic E-state index is 12.4. The van der Waals surface area contributed by atoms with Crippen LogP contribution >= 0.6 is 0 Å². The number of hydrogen-bond donors (Lipinski definition) is 2. The highest BCUT2D eigenvalue weighted by Crippen LogP contribution is 2.18. The smallest absolute Gasteiger partial charge is 0.318 e. The third-order valence-corrected chi connectivity index (χ3v) is 5.97. The zero-order valence-electron chi connectivity index (χ0n) is 14.0. The van der Waals surface area contributed by atoms with Gasteiger partial charge in [-0.05, 0) is 13.3 Å². The number of carbonyl (C=O) groups is 1. The summed E-state index contributed by atoms with van der Waals surface area (Å²) in [6.45, 7) is 2.50. The molecule has 0 saturated carbocycles.